The molecule has 0 aliphatic carbocycles. The van der Waals surface area contributed by atoms with Crippen molar-refractivity contribution in [2.75, 3.05) is 0 Å². The van der Waals surface area contributed by atoms with Crippen LogP contribution in [-0.2, 0) is 14.6 Å². The number of aliphatic hydroxyl groups excluding tert-OH is 1. The highest BCUT2D eigenvalue weighted by atomic mass is 32.3. The zero-order chi connectivity index (χ0) is 9.99. The van der Waals surface area contributed by atoms with Gasteiger partial charge in [0, 0.05) is 6.42 Å². The molecule has 0 aromatic heterocycles. The molecular weight excluding hydrogens is 188 g/mol. The summed E-state index contributed by atoms with van der Waals surface area (Å²) in [5, 5.41) is 17.0. The predicted octanol–water partition coefficient (Wildman–Crippen LogP) is -0.715. The van der Waals surface area contributed by atoms with Crippen LogP contribution < -0.4 is 0 Å². The summed E-state index contributed by atoms with van der Waals surface area (Å²) in [6.45, 7) is 2.61. The van der Waals surface area contributed by atoms with Crippen LogP contribution >= 0.6 is 0 Å². The lowest BCUT2D eigenvalue weighted by Crippen LogP contribution is -2.32. The topological polar surface area (TPSA) is 104 Å². The Kier molecular flexibility index (Phi) is 3.60. The molecule has 74 valence electrons. The summed E-state index contributed by atoms with van der Waals surface area (Å²) in [4.78, 5) is 0. The van der Waals surface area contributed by atoms with Gasteiger partial charge in [0.1, 0.15) is 0 Å². The zero-order valence-electron chi connectivity index (χ0n) is 6.76. The molecule has 12 heavy (non-hydrogen) atoms. The molecule has 0 aromatic carbocycles. The Balaban J connectivity index is 4.23. The lowest BCUT2D eigenvalue weighted by molar-refractivity contribution is -0.0844. The molecule has 0 aliphatic rings. The summed E-state index contributed by atoms with van der Waals surface area (Å²) in [7, 11) is -4.55. The molecule has 0 aromatic rings. The third-order valence-electron chi connectivity index (χ3n) is 1.01. The molecule has 0 aliphatic heterocycles. The fourth-order valence-corrected chi connectivity index (χ4v) is 1.40. The van der Waals surface area contributed by atoms with E-state index in [1.807, 2.05) is 0 Å². The van der Waals surface area contributed by atoms with E-state index in [0.29, 0.717) is 0 Å². The average molecular weight is 200 g/mol. The smallest absolute Gasteiger partial charge is 0.368 e. The Morgan fingerprint density at radius 3 is 2.08 bits per heavy atom. The molecule has 0 bridgehead atoms. The maximum atomic E-state index is 10.2. The van der Waals surface area contributed by atoms with E-state index in [1.54, 1.807) is 0 Å². The first-order valence-electron chi connectivity index (χ1n) is 3.16. The van der Waals surface area contributed by atoms with Gasteiger partial charge in [-0.05, 0) is 13.8 Å². The first kappa shape index (κ1) is 11.8. The molecule has 7 heteroatoms. The summed E-state index contributed by atoms with van der Waals surface area (Å²) in [5.41, 5.74) is -1.33. The molecule has 3 N–H and O–H groups in total. The van der Waals surface area contributed by atoms with Gasteiger partial charge in [-0.15, -0.1) is 0 Å². The average Bonchev–Trinajstić information content (AvgIpc) is 1.48. The number of aliphatic hydroxyl groups is 2. The Morgan fingerprint density at radius 2 is 1.83 bits per heavy atom. The van der Waals surface area contributed by atoms with Crippen molar-refractivity contribution in [2.45, 2.75) is 32.2 Å². The van der Waals surface area contributed by atoms with Crippen molar-refractivity contribution in [3.05, 3.63) is 0 Å². The number of rotatable bonds is 4. The highest BCUT2D eigenvalue weighted by Gasteiger charge is 2.27. The standard InChI is InChI=1S/C5H12O6S/c1-5(2,3-4(6)7)11-12(8,9)10/h4,6-7H,3H2,1-2H3,(H,8,9,10). The maximum absolute atomic E-state index is 10.2. The fraction of sp³-hybridized carbons (Fsp3) is 1.00. The number of hydrogen-bond donors (Lipinski definition) is 3. The third-order valence-corrected chi connectivity index (χ3v) is 1.67. The van der Waals surface area contributed by atoms with Crippen LogP contribution in [0.2, 0.25) is 0 Å². The van der Waals surface area contributed by atoms with E-state index in [-0.39, 0.29) is 6.42 Å². The van der Waals surface area contributed by atoms with Crippen molar-refractivity contribution in [1.82, 2.24) is 0 Å². The monoisotopic (exact) mass is 200 g/mol. The summed E-state index contributed by atoms with van der Waals surface area (Å²) in [6, 6.07) is 0. The molecule has 0 atom stereocenters. The molecular formula is C5H12O6S. The van der Waals surface area contributed by atoms with E-state index in [9.17, 15) is 8.42 Å². The van der Waals surface area contributed by atoms with E-state index in [4.69, 9.17) is 14.8 Å². The van der Waals surface area contributed by atoms with Crippen LogP contribution in [0.3, 0.4) is 0 Å². The molecule has 6 nitrogen and oxygen atoms in total. The van der Waals surface area contributed by atoms with Gasteiger partial charge in [-0.1, -0.05) is 0 Å². The second-order valence-corrected chi connectivity index (χ2v) is 3.98. The van der Waals surface area contributed by atoms with Gasteiger partial charge >= 0.3 is 10.4 Å². The maximum Gasteiger partial charge on any atom is 0.397 e. The van der Waals surface area contributed by atoms with E-state index in [2.05, 4.69) is 4.18 Å². The molecule has 0 unspecified atom stereocenters. The van der Waals surface area contributed by atoms with Crippen molar-refractivity contribution in [3.63, 3.8) is 0 Å². The Labute approximate surface area is 70.7 Å². The van der Waals surface area contributed by atoms with Crippen molar-refractivity contribution < 1.29 is 27.4 Å². The molecule has 0 rings (SSSR count). The van der Waals surface area contributed by atoms with Gasteiger partial charge in [-0.2, -0.15) is 8.42 Å². The van der Waals surface area contributed by atoms with Gasteiger partial charge < -0.3 is 10.2 Å². The first-order chi connectivity index (χ1) is 5.12. The van der Waals surface area contributed by atoms with Crippen molar-refractivity contribution in [3.8, 4) is 0 Å². The second kappa shape index (κ2) is 3.67. The SMILES string of the molecule is CC(C)(CC(O)O)OS(=O)(=O)O. The lowest BCUT2D eigenvalue weighted by Gasteiger charge is -2.22. The van der Waals surface area contributed by atoms with E-state index in [1.165, 1.54) is 13.8 Å². The summed E-state index contributed by atoms with van der Waals surface area (Å²) < 4.78 is 32.8. The van der Waals surface area contributed by atoms with Crippen LogP contribution in [-0.4, -0.2) is 35.1 Å². The van der Waals surface area contributed by atoms with E-state index >= 15 is 0 Å². The molecule has 0 radical (unpaired) electrons. The van der Waals surface area contributed by atoms with Crippen molar-refractivity contribution in [2.24, 2.45) is 0 Å². The highest BCUT2D eigenvalue weighted by Crippen LogP contribution is 2.17. The molecule has 0 saturated heterocycles. The van der Waals surface area contributed by atoms with Gasteiger partial charge in [-0.3, -0.25) is 4.55 Å². The van der Waals surface area contributed by atoms with Crippen LogP contribution in [0.25, 0.3) is 0 Å². The minimum Gasteiger partial charge on any atom is -0.368 e. The van der Waals surface area contributed by atoms with Crippen molar-refractivity contribution >= 4 is 10.4 Å². The predicted molar refractivity (Wildman–Crippen MR) is 39.6 cm³/mol. The van der Waals surface area contributed by atoms with Gasteiger partial charge in [0.05, 0.1) is 5.60 Å². The van der Waals surface area contributed by atoms with Gasteiger partial charge in [-0.25, -0.2) is 4.18 Å². The van der Waals surface area contributed by atoms with Crippen LogP contribution in [0.4, 0.5) is 0 Å². The molecule has 0 amide bonds. The fourth-order valence-electron chi connectivity index (χ4n) is 0.759. The van der Waals surface area contributed by atoms with Gasteiger partial charge in [0.2, 0.25) is 0 Å². The molecule has 0 heterocycles. The lowest BCUT2D eigenvalue weighted by atomic mass is 10.1. The Bertz CT molecular complexity index is 228. The van der Waals surface area contributed by atoms with E-state index in [0.717, 1.165) is 0 Å². The number of hydrogen-bond acceptors (Lipinski definition) is 5. The van der Waals surface area contributed by atoms with Gasteiger partial charge in [0.15, 0.2) is 6.29 Å². The van der Waals surface area contributed by atoms with Crippen LogP contribution in [0.15, 0.2) is 0 Å². The Hall–Kier alpha value is -0.210. The van der Waals surface area contributed by atoms with Crippen LogP contribution in [0.1, 0.15) is 20.3 Å². The Morgan fingerprint density at radius 1 is 1.42 bits per heavy atom. The molecule has 0 saturated carbocycles. The van der Waals surface area contributed by atoms with Crippen LogP contribution in [0.5, 0.6) is 0 Å². The first-order valence-corrected chi connectivity index (χ1v) is 4.53. The molecule has 0 fully saturated rings. The zero-order valence-corrected chi connectivity index (χ0v) is 7.58. The van der Waals surface area contributed by atoms with Gasteiger partial charge in [0.25, 0.3) is 0 Å². The summed E-state index contributed by atoms with van der Waals surface area (Å²) in [6.07, 6.45) is -1.99. The summed E-state index contributed by atoms with van der Waals surface area (Å²) in [5.74, 6) is 0. The molecule has 0 spiro atoms. The normalized spacial score (nSPS) is 13.8. The van der Waals surface area contributed by atoms with E-state index < -0.39 is 22.3 Å². The summed E-state index contributed by atoms with van der Waals surface area (Å²) >= 11 is 0. The minimum atomic E-state index is -4.55. The third kappa shape index (κ3) is 6.50. The largest absolute Gasteiger partial charge is 0.397 e. The minimum absolute atomic E-state index is 0.313. The second-order valence-electron chi connectivity index (χ2n) is 2.96. The quantitative estimate of drug-likeness (QED) is 0.409. The highest BCUT2D eigenvalue weighted by molar-refractivity contribution is 7.80. The van der Waals surface area contributed by atoms with Crippen LogP contribution in [0, 0.1) is 0 Å². The van der Waals surface area contributed by atoms with Crippen molar-refractivity contribution in [1.29, 1.82) is 0 Å².